The smallest absolute Gasteiger partial charge is 0.305 e. The number of hydrogen-bond acceptors (Lipinski definition) is 5. The minimum absolute atomic E-state index is 0.0572. The SMILES string of the molecule is CC(C)OCCS(=O)(=O)NCC(=O)N1CCCC1CC(=O)O. The van der Waals surface area contributed by atoms with Crippen molar-refractivity contribution in [3.05, 3.63) is 0 Å². The van der Waals surface area contributed by atoms with Crippen molar-refractivity contribution in [2.45, 2.75) is 45.3 Å². The second-order valence-corrected chi connectivity index (χ2v) is 7.47. The van der Waals surface area contributed by atoms with E-state index >= 15 is 0 Å². The van der Waals surface area contributed by atoms with Crippen molar-refractivity contribution in [1.29, 1.82) is 0 Å². The number of ether oxygens (including phenoxy) is 1. The molecule has 0 aromatic heterocycles. The van der Waals surface area contributed by atoms with E-state index in [4.69, 9.17) is 9.84 Å². The van der Waals surface area contributed by atoms with Gasteiger partial charge in [-0.1, -0.05) is 0 Å². The van der Waals surface area contributed by atoms with Gasteiger partial charge in [-0.3, -0.25) is 9.59 Å². The maximum absolute atomic E-state index is 12.0. The maximum atomic E-state index is 12.0. The van der Waals surface area contributed by atoms with E-state index in [9.17, 15) is 18.0 Å². The summed E-state index contributed by atoms with van der Waals surface area (Å²) in [6.07, 6.45) is 1.20. The second-order valence-electron chi connectivity index (χ2n) is 5.54. The summed E-state index contributed by atoms with van der Waals surface area (Å²) < 4.78 is 30.9. The average Bonchev–Trinajstić information content (AvgIpc) is 2.82. The van der Waals surface area contributed by atoms with Crippen LogP contribution in [-0.4, -0.2) is 67.9 Å². The first kappa shape index (κ1) is 18.9. The van der Waals surface area contributed by atoms with Crippen LogP contribution in [0.15, 0.2) is 0 Å². The molecule has 0 radical (unpaired) electrons. The Bertz CT molecular complexity index is 491. The Kier molecular flexibility index (Phi) is 7.24. The summed E-state index contributed by atoms with van der Waals surface area (Å²) in [6.45, 7) is 3.79. The lowest BCUT2D eigenvalue weighted by Gasteiger charge is -2.23. The van der Waals surface area contributed by atoms with Gasteiger partial charge in [0.15, 0.2) is 0 Å². The minimum Gasteiger partial charge on any atom is -0.481 e. The lowest BCUT2D eigenvalue weighted by atomic mass is 10.1. The van der Waals surface area contributed by atoms with Gasteiger partial charge in [-0.2, -0.15) is 0 Å². The minimum atomic E-state index is -3.58. The topological polar surface area (TPSA) is 113 Å². The molecular weight excluding hydrogens is 312 g/mol. The Morgan fingerprint density at radius 3 is 2.68 bits per heavy atom. The molecule has 9 heteroatoms. The van der Waals surface area contributed by atoms with Gasteiger partial charge in [-0.05, 0) is 26.7 Å². The summed E-state index contributed by atoms with van der Waals surface area (Å²) >= 11 is 0. The van der Waals surface area contributed by atoms with Crippen LogP contribution in [0.2, 0.25) is 0 Å². The zero-order valence-corrected chi connectivity index (χ0v) is 13.8. The van der Waals surface area contributed by atoms with Crippen LogP contribution in [0.4, 0.5) is 0 Å². The van der Waals surface area contributed by atoms with Gasteiger partial charge in [0.2, 0.25) is 15.9 Å². The monoisotopic (exact) mass is 336 g/mol. The number of likely N-dealkylation sites (tertiary alicyclic amines) is 1. The van der Waals surface area contributed by atoms with Crippen molar-refractivity contribution in [3.63, 3.8) is 0 Å². The zero-order chi connectivity index (χ0) is 16.8. The molecule has 0 spiro atoms. The number of nitrogens with zero attached hydrogens (tertiary/aromatic N) is 1. The van der Waals surface area contributed by atoms with Crippen molar-refractivity contribution in [1.82, 2.24) is 9.62 Å². The van der Waals surface area contributed by atoms with Crippen molar-refractivity contribution in [2.24, 2.45) is 0 Å². The first-order valence-electron chi connectivity index (χ1n) is 7.31. The number of aliphatic carboxylic acids is 1. The fourth-order valence-electron chi connectivity index (χ4n) is 2.32. The number of carbonyl (C=O) groups is 2. The van der Waals surface area contributed by atoms with E-state index in [1.807, 2.05) is 0 Å². The van der Waals surface area contributed by atoms with Gasteiger partial charge >= 0.3 is 5.97 Å². The van der Waals surface area contributed by atoms with Gasteiger partial charge in [0.05, 0.1) is 31.4 Å². The molecule has 1 atom stereocenters. The lowest BCUT2D eigenvalue weighted by molar-refractivity contribution is -0.139. The highest BCUT2D eigenvalue weighted by molar-refractivity contribution is 7.89. The molecule has 2 N–H and O–H groups in total. The quantitative estimate of drug-likeness (QED) is 0.603. The third-order valence-electron chi connectivity index (χ3n) is 3.35. The van der Waals surface area contributed by atoms with E-state index in [2.05, 4.69) is 4.72 Å². The molecule has 8 nitrogen and oxygen atoms in total. The molecule has 1 aliphatic heterocycles. The maximum Gasteiger partial charge on any atom is 0.305 e. The summed E-state index contributed by atoms with van der Waals surface area (Å²) in [5.74, 6) is -1.56. The van der Waals surface area contributed by atoms with Crippen LogP contribution >= 0.6 is 0 Å². The van der Waals surface area contributed by atoms with Crippen molar-refractivity contribution >= 4 is 21.9 Å². The van der Waals surface area contributed by atoms with Gasteiger partial charge in [0.25, 0.3) is 0 Å². The molecule has 1 aliphatic rings. The fourth-order valence-corrected chi connectivity index (χ4v) is 3.12. The average molecular weight is 336 g/mol. The summed E-state index contributed by atoms with van der Waals surface area (Å²) in [7, 11) is -3.58. The van der Waals surface area contributed by atoms with Crippen LogP contribution in [0.25, 0.3) is 0 Å². The Balaban J connectivity index is 2.42. The molecule has 1 heterocycles. The third-order valence-corrected chi connectivity index (χ3v) is 4.64. The number of amides is 1. The Morgan fingerprint density at radius 1 is 1.41 bits per heavy atom. The molecule has 0 aliphatic carbocycles. The molecule has 0 saturated carbocycles. The number of sulfonamides is 1. The number of carboxylic acids is 1. The molecule has 1 fully saturated rings. The van der Waals surface area contributed by atoms with Gasteiger partial charge in [-0.15, -0.1) is 0 Å². The Labute approximate surface area is 130 Å². The van der Waals surface area contributed by atoms with Crippen LogP contribution in [0.1, 0.15) is 33.1 Å². The van der Waals surface area contributed by atoms with Crippen LogP contribution in [-0.2, 0) is 24.3 Å². The largest absolute Gasteiger partial charge is 0.481 e. The normalized spacial score (nSPS) is 18.9. The summed E-state index contributed by atoms with van der Waals surface area (Å²) in [4.78, 5) is 24.2. The molecular formula is C13H24N2O6S. The van der Waals surface area contributed by atoms with Crippen LogP contribution < -0.4 is 4.72 Å². The Morgan fingerprint density at radius 2 is 2.09 bits per heavy atom. The number of rotatable bonds is 9. The van der Waals surface area contributed by atoms with Gasteiger partial charge in [0.1, 0.15) is 0 Å². The van der Waals surface area contributed by atoms with E-state index in [1.165, 1.54) is 4.90 Å². The summed E-state index contributed by atoms with van der Waals surface area (Å²) in [5, 5.41) is 8.81. The molecule has 0 aromatic rings. The predicted molar refractivity (Wildman–Crippen MR) is 79.9 cm³/mol. The summed E-state index contributed by atoms with van der Waals surface area (Å²) in [6, 6.07) is -0.348. The molecule has 0 aromatic carbocycles. The van der Waals surface area contributed by atoms with Crippen molar-refractivity contribution in [3.8, 4) is 0 Å². The van der Waals surface area contributed by atoms with Crippen molar-refractivity contribution < 1.29 is 27.9 Å². The molecule has 1 rings (SSSR count). The Hall–Kier alpha value is -1.19. The van der Waals surface area contributed by atoms with E-state index in [1.54, 1.807) is 13.8 Å². The van der Waals surface area contributed by atoms with Gasteiger partial charge in [-0.25, -0.2) is 13.1 Å². The number of hydrogen-bond donors (Lipinski definition) is 2. The number of carboxylic acid groups (broad SMARTS) is 1. The third kappa shape index (κ3) is 6.71. The zero-order valence-electron chi connectivity index (χ0n) is 12.9. The predicted octanol–water partition coefficient (Wildman–Crippen LogP) is -0.203. The van der Waals surface area contributed by atoms with Crippen LogP contribution in [0.5, 0.6) is 0 Å². The summed E-state index contributed by atoms with van der Waals surface area (Å²) in [5.41, 5.74) is 0. The number of nitrogens with one attached hydrogen (secondary N) is 1. The highest BCUT2D eigenvalue weighted by Crippen LogP contribution is 2.19. The van der Waals surface area contributed by atoms with Crippen LogP contribution in [0, 0.1) is 0 Å². The first-order chi connectivity index (χ1) is 10.2. The van der Waals surface area contributed by atoms with Crippen LogP contribution in [0.3, 0.4) is 0 Å². The van der Waals surface area contributed by atoms with Gasteiger partial charge in [0, 0.05) is 12.6 Å². The number of carbonyl (C=O) groups excluding carboxylic acids is 1. The molecule has 1 amide bonds. The fraction of sp³-hybridized carbons (Fsp3) is 0.846. The molecule has 22 heavy (non-hydrogen) atoms. The lowest BCUT2D eigenvalue weighted by Crippen LogP contribution is -2.44. The molecule has 128 valence electrons. The van der Waals surface area contributed by atoms with Crippen molar-refractivity contribution in [2.75, 3.05) is 25.4 Å². The first-order valence-corrected chi connectivity index (χ1v) is 8.96. The van der Waals surface area contributed by atoms with E-state index in [-0.39, 0.29) is 37.5 Å². The highest BCUT2D eigenvalue weighted by Gasteiger charge is 2.30. The highest BCUT2D eigenvalue weighted by atomic mass is 32.2. The van der Waals surface area contributed by atoms with E-state index in [0.29, 0.717) is 13.0 Å². The van der Waals surface area contributed by atoms with E-state index in [0.717, 1.165) is 6.42 Å². The standard InChI is InChI=1S/C13H24N2O6S/c1-10(2)21-6-7-22(19,20)14-9-12(16)15-5-3-4-11(15)8-13(17)18/h10-11,14H,3-9H2,1-2H3,(H,17,18). The molecule has 1 saturated heterocycles. The molecule has 1 unspecified atom stereocenters. The molecule has 0 bridgehead atoms. The van der Waals surface area contributed by atoms with E-state index < -0.39 is 21.9 Å². The second kappa shape index (κ2) is 8.44. The van der Waals surface area contributed by atoms with Gasteiger partial charge < -0.3 is 14.7 Å².